The fourth-order valence-corrected chi connectivity index (χ4v) is 4.99. The number of aromatic nitrogens is 1. The number of aliphatic imine (C=N–C) groups is 1. The zero-order chi connectivity index (χ0) is 16.7. The van der Waals surface area contributed by atoms with Gasteiger partial charge in [0.05, 0.1) is 11.7 Å². The molecule has 1 atom stereocenters. The van der Waals surface area contributed by atoms with Gasteiger partial charge in [0.15, 0.2) is 0 Å². The summed E-state index contributed by atoms with van der Waals surface area (Å²) < 4.78 is 0. The van der Waals surface area contributed by atoms with Gasteiger partial charge in [0.2, 0.25) is 0 Å². The standard InChI is InChI=1S/C22H25N3/c1-4-12-22(13-5-1)15-17-7-2-3-9-18(17)24-21(22)25-19-11-10-16-8-6-14-23-20(16)19/h2-3,6-9,14,19H,1,4-5,10-13,15H2,(H,24,25). The molecule has 3 aliphatic rings. The number of nitrogens with zero attached hydrogens (tertiary/aromatic N) is 2. The zero-order valence-electron chi connectivity index (χ0n) is 14.7. The van der Waals surface area contributed by atoms with E-state index in [1.807, 2.05) is 12.3 Å². The Bertz CT molecular complexity index is 818. The highest BCUT2D eigenvalue weighted by molar-refractivity contribution is 6.02. The minimum atomic E-state index is 0.212. The van der Waals surface area contributed by atoms with Gasteiger partial charge in [-0.1, -0.05) is 43.5 Å². The fraction of sp³-hybridized carbons (Fsp3) is 0.455. The number of benzene rings is 1. The molecular weight excluding hydrogens is 306 g/mol. The van der Waals surface area contributed by atoms with Crippen LogP contribution in [0.5, 0.6) is 0 Å². The number of hydrogen-bond donors (Lipinski definition) is 1. The smallest absolute Gasteiger partial charge is 0.108 e. The van der Waals surface area contributed by atoms with Crippen LogP contribution >= 0.6 is 0 Å². The number of amidine groups is 1. The molecule has 3 nitrogen and oxygen atoms in total. The van der Waals surface area contributed by atoms with Gasteiger partial charge in [-0.05, 0) is 55.4 Å². The second kappa shape index (κ2) is 5.98. The van der Waals surface area contributed by atoms with E-state index < -0.39 is 0 Å². The summed E-state index contributed by atoms with van der Waals surface area (Å²) in [5, 5.41) is 3.74. The van der Waals surface area contributed by atoms with Crippen molar-refractivity contribution in [1.82, 2.24) is 4.98 Å². The van der Waals surface area contributed by atoms with E-state index in [4.69, 9.17) is 4.99 Å². The molecule has 1 spiro atoms. The molecule has 2 heterocycles. The van der Waals surface area contributed by atoms with E-state index in [0.717, 1.165) is 19.3 Å². The molecule has 0 radical (unpaired) electrons. The summed E-state index contributed by atoms with van der Waals surface area (Å²) in [6, 6.07) is 13.2. The quantitative estimate of drug-likeness (QED) is 0.790. The normalized spacial score (nSPS) is 25.4. The van der Waals surface area contributed by atoms with Crippen LogP contribution in [0.2, 0.25) is 0 Å². The van der Waals surface area contributed by atoms with Crippen molar-refractivity contribution in [3.63, 3.8) is 0 Å². The average molecular weight is 331 g/mol. The molecule has 1 N–H and O–H groups in total. The lowest BCUT2D eigenvalue weighted by molar-refractivity contribution is 0.277. The molecule has 25 heavy (non-hydrogen) atoms. The first kappa shape index (κ1) is 15.1. The van der Waals surface area contributed by atoms with E-state index >= 15 is 0 Å². The fourth-order valence-electron chi connectivity index (χ4n) is 4.99. The molecule has 1 aliphatic heterocycles. The Labute approximate surface area is 149 Å². The number of rotatable bonds is 1. The molecule has 1 aromatic heterocycles. The van der Waals surface area contributed by atoms with Crippen molar-refractivity contribution in [1.29, 1.82) is 0 Å². The highest BCUT2D eigenvalue weighted by Gasteiger charge is 2.41. The third-order valence-corrected chi connectivity index (χ3v) is 6.33. The van der Waals surface area contributed by atoms with Crippen molar-refractivity contribution in [3.8, 4) is 0 Å². The van der Waals surface area contributed by atoms with E-state index in [1.54, 1.807) is 0 Å². The molecule has 128 valence electrons. The van der Waals surface area contributed by atoms with E-state index in [2.05, 4.69) is 40.6 Å². The summed E-state index contributed by atoms with van der Waals surface area (Å²) in [4.78, 5) is 9.94. The summed E-state index contributed by atoms with van der Waals surface area (Å²) in [6.45, 7) is 0. The molecule has 1 fully saturated rings. The molecular formula is C22H25N3. The van der Waals surface area contributed by atoms with Crippen molar-refractivity contribution in [3.05, 3.63) is 59.4 Å². The first-order valence-electron chi connectivity index (χ1n) is 9.71. The summed E-state index contributed by atoms with van der Waals surface area (Å²) >= 11 is 0. The van der Waals surface area contributed by atoms with Gasteiger partial charge in [0.25, 0.3) is 0 Å². The largest absolute Gasteiger partial charge is 0.343 e. The Hall–Kier alpha value is -2.16. The topological polar surface area (TPSA) is 37.3 Å². The van der Waals surface area contributed by atoms with Crippen LogP contribution in [0.15, 0.2) is 47.6 Å². The SMILES string of the molecule is c1ccc2c(c1)CC1(CCCCC1)C(=NC1CCc3cccnc31)N2. The van der Waals surface area contributed by atoms with Crippen LogP contribution in [-0.2, 0) is 12.8 Å². The lowest BCUT2D eigenvalue weighted by Gasteiger charge is -2.43. The molecule has 0 saturated heterocycles. The van der Waals surface area contributed by atoms with Gasteiger partial charge in [-0.25, -0.2) is 0 Å². The minimum absolute atomic E-state index is 0.212. The van der Waals surface area contributed by atoms with Crippen LogP contribution in [0.1, 0.15) is 61.4 Å². The molecule has 1 unspecified atom stereocenters. The highest BCUT2D eigenvalue weighted by atomic mass is 15.1. The molecule has 2 aliphatic carbocycles. The van der Waals surface area contributed by atoms with Crippen molar-refractivity contribution in [2.45, 2.75) is 57.4 Å². The number of nitrogens with one attached hydrogen (secondary N) is 1. The van der Waals surface area contributed by atoms with Crippen molar-refractivity contribution >= 4 is 11.5 Å². The number of fused-ring (bicyclic) bond motifs is 2. The van der Waals surface area contributed by atoms with Gasteiger partial charge in [-0.15, -0.1) is 0 Å². The third-order valence-electron chi connectivity index (χ3n) is 6.33. The van der Waals surface area contributed by atoms with Gasteiger partial charge in [-0.3, -0.25) is 9.98 Å². The predicted molar refractivity (Wildman–Crippen MR) is 102 cm³/mol. The van der Waals surface area contributed by atoms with Crippen molar-refractivity contribution < 1.29 is 0 Å². The summed E-state index contributed by atoms with van der Waals surface area (Å²) in [5.74, 6) is 1.23. The molecule has 3 heteroatoms. The van der Waals surface area contributed by atoms with Gasteiger partial charge in [-0.2, -0.15) is 0 Å². The van der Waals surface area contributed by atoms with Crippen LogP contribution in [0.4, 0.5) is 5.69 Å². The van der Waals surface area contributed by atoms with E-state index in [1.165, 1.54) is 60.4 Å². The average Bonchev–Trinajstić information content (AvgIpc) is 3.06. The second-order valence-corrected chi connectivity index (χ2v) is 7.88. The van der Waals surface area contributed by atoms with E-state index in [9.17, 15) is 0 Å². The van der Waals surface area contributed by atoms with Crippen LogP contribution in [-0.4, -0.2) is 10.8 Å². The number of pyridine rings is 1. The molecule has 0 amide bonds. The Morgan fingerprint density at radius 2 is 1.84 bits per heavy atom. The molecule has 2 aromatic rings. The molecule has 1 aromatic carbocycles. The highest BCUT2D eigenvalue weighted by Crippen LogP contribution is 2.46. The van der Waals surface area contributed by atoms with E-state index in [-0.39, 0.29) is 11.5 Å². The summed E-state index contributed by atoms with van der Waals surface area (Å²) in [7, 11) is 0. The minimum Gasteiger partial charge on any atom is -0.343 e. The summed E-state index contributed by atoms with van der Waals surface area (Å²) in [6.07, 6.45) is 11.8. The summed E-state index contributed by atoms with van der Waals surface area (Å²) in [5.41, 5.74) is 5.49. The first-order chi connectivity index (χ1) is 12.3. The van der Waals surface area contributed by atoms with Gasteiger partial charge in [0, 0.05) is 17.3 Å². The molecule has 0 bridgehead atoms. The maximum atomic E-state index is 5.30. The van der Waals surface area contributed by atoms with Crippen LogP contribution < -0.4 is 5.32 Å². The second-order valence-electron chi connectivity index (χ2n) is 7.88. The number of anilines is 1. The Morgan fingerprint density at radius 3 is 2.76 bits per heavy atom. The predicted octanol–water partition coefficient (Wildman–Crippen LogP) is 5.09. The Balaban J connectivity index is 1.56. The zero-order valence-corrected chi connectivity index (χ0v) is 14.7. The van der Waals surface area contributed by atoms with Crippen LogP contribution in [0.25, 0.3) is 0 Å². The van der Waals surface area contributed by atoms with Crippen molar-refractivity contribution in [2.75, 3.05) is 5.32 Å². The number of hydrogen-bond acceptors (Lipinski definition) is 2. The lowest BCUT2D eigenvalue weighted by atomic mass is 9.67. The lowest BCUT2D eigenvalue weighted by Crippen LogP contribution is -2.43. The van der Waals surface area contributed by atoms with Crippen LogP contribution in [0, 0.1) is 5.41 Å². The maximum Gasteiger partial charge on any atom is 0.108 e. The monoisotopic (exact) mass is 331 g/mol. The van der Waals surface area contributed by atoms with Gasteiger partial charge in [0.1, 0.15) is 5.84 Å². The van der Waals surface area contributed by atoms with Gasteiger partial charge >= 0.3 is 0 Å². The number of para-hydroxylation sites is 1. The first-order valence-corrected chi connectivity index (χ1v) is 9.71. The Morgan fingerprint density at radius 1 is 1.00 bits per heavy atom. The van der Waals surface area contributed by atoms with Crippen LogP contribution in [0.3, 0.4) is 0 Å². The molecule has 5 rings (SSSR count). The van der Waals surface area contributed by atoms with Crippen molar-refractivity contribution in [2.24, 2.45) is 10.4 Å². The van der Waals surface area contributed by atoms with E-state index in [0.29, 0.717) is 0 Å². The maximum absolute atomic E-state index is 5.30. The third kappa shape index (κ3) is 2.57. The molecule has 1 saturated carbocycles. The van der Waals surface area contributed by atoms with Gasteiger partial charge < -0.3 is 5.32 Å². The Kier molecular flexibility index (Phi) is 3.61. The number of aryl methyl sites for hydroxylation is 1.